The van der Waals surface area contributed by atoms with Gasteiger partial charge in [0.2, 0.25) is 5.84 Å². The molecule has 2 aromatic carbocycles. The molecule has 10 heteroatoms. The van der Waals surface area contributed by atoms with Crippen molar-refractivity contribution in [1.82, 2.24) is 4.90 Å². The second-order valence-electron chi connectivity index (χ2n) is 10.3. The van der Waals surface area contributed by atoms with Gasteiger partial charge in [-0.3, -0.25) is 15.1 Å². The molecule has 2 fully saturated rings. The zero-order chi connectivity index (χ0) is 26.2. The predicted octanol–water partition coefficient (Wildman–Crippen LogP) is 3.98. The minimum absolute atomic E-state index is 0.0349. The van der Waals surface area contributed by atoms with Crippen molar-refractivity contribution in [2.24, 2.45) is 5.73 Å². The fourth-order valence-corrected chi connectivity index (χ4v) is 7.16. The van der Waals surface area contributed by atoms with E-state index < -0.39 is 10.0 Å². The molecule has 0 bridgehead atoms. The molecule has 2 aliphatic heterocycles. The molecule has 2 heterocycles. The highest BCUT2D eigenvalue weighted by Gasteiger charge is 2.40. The van der Waals surface area contributed by atoms with E-state index in [0.29, 0.717) is 36.8 Å². The molecule has 198 valence electrons. The lowest BCUT2D eigenvalue weighted by Gasteiger charge is -2.37. The third-order valence-corrected chi connectivity index (χ3v) is 9.60. The third kappa shape index (κ3) is 5.04. The number of nitrogens with two attached hydrogens (primary N) is 1. The van der Waals surface area contributed by atoms with Crippen LogP contribution < -0.4 is 14.9 Å². The molecule has 0 radical (unpaired) electrons. The Morgan fingerprint density at radius 1 is 1.08 bits per heavy atom. The molecule has 9 nitrogen and oxygen atoms in total. The van der Waals surface area contributed by atoms with Gasteiger partial charge in [0.05, 0.1) is 10.6 Å². The second kappa shape index (κ2) is 9.98. The standard InChI is InChI=1S/C27H37N6O3S/c1-2-26(28)33(16-4-3-5-17-33)36-24-10-12-25(13-11-24)37(34,35)32(22-8-9-22)23-7-6-20-14-15-31(27(29)30)19-21(20)18-23/h6-7,10-13,18,22,28H,2-5,8-9,14-17,19H2,1H3,(H3,29,30)/q+1. The van der Waals surface area contributed by atoms with Gasteiger partial charge in [-0.25, -0.2) is 8.42 Å². The largest absolute Gasteiger partial charge is 0.370 e. The van der Waals surface area contributed by atoms with Crippen LogP contribution in [0.5, 0.6) is 5.75 Å². The Morgan fingerprint density at radius 2 is 1.78 bits per heavy atom. The van der Waals surface area contributed by atoms with Crippen LogP contribution in [0.15, 0.2) is 47.4 Å². The van der Waals surface area contributed by atoms with Crippen molar-refractivity contribution in [3.63, 3.8) is 0 Å². The van der Waals surface area contributed by atoms with Crippen molar-refractivity contribution in [2.45, 2.75) is 69.4 Å². The topological polar surface area (TPSA) is 124 Å². The molecule has 4 N–H and O–H groups in total. The fourth-order valence-electron chi connectivity index (χ4n) is 5.46. The number of quaternary nitrogens is 1. The number of sulfonamides is 1. The van der Waals surface area contributed by atoms with Gasteiger partial charge in [0.1, 0.15) is 13.1 Å². The highest BCUT2D eigenvalue weighted by molar-refractivity contribution is 7.92. The Balaban J connectivity index is 1.40. The number of guanidine groups is 1. The molecule has 0 spiro atoms. The maximum absolute atomic E-state index is 13.9. The number of anilines is 1. The molecule has 5 rings (SSSR count). The van der Waals surface area contributed by atoms with Crippen molar-refractivity contribution in [3.8, 4) is 5.75 Å². The number of benzene rings is 2. The van der Waals surface area contributed by atoms with Crippen molar-refractivity contribution >= 4 is 27.5 Å². The first-order valence-corrected chi connectivity index (χ1v) is 14.7. The first kappa shape index (κ1) is 25.5. The van der Waals surface area contributed by atoms with Crippen molar-refractivity contribution < 1.29 is 17.9 Å². The summed E-state index contributed by atoms with van der Waals surface area (Å²) in [5.74, 6) is 1.16. The summed E-state index contributed by atoms with van der Waals surface area (Å²) in [6, 6.07) is 12.5. The van der Waals surface area contributed by atoms with E-state index in [1.807, 2.05) is 25.1 Å². The Labute approximate surface area is 219 Å². The van der Waals surface area contributed by atoms with Crippen LogP contribution in [-0.2, 0) is 23.0 Å². The molecular weight excluding hydrogens is 488 g/mol. The molecule has 0 aromatic heterocycles. The molecular formula is C27H37N6O3S+. The van der Waals surface area contributed by atoms with Crippen LogP contribution in [0, 0.1) is 10.8 Å². The van der Waals surface area contributed by atoms with E-state index in [4.69, 9.17) is 21.4 Å². The summed E-state index contributed by atoms with van der Waals surface area (Å²) in [6.45, 7) is 4.71. The number of nitrogens with zero attached hydrogens (tertiary/aromatic N) is 3. The lowest BCUT2D eigenvalue weighted by atomic mass is 9.99. The average Bonchev–Trinajstić information content (AvgIpc) is 3.73. The minimum Gasteiger partial charge on any atom is -0.370 e. The summed E-state index contributed by atoms with van der Waals surface area (Å²) >= 11 is 0. The van der Waals surface area contributed by atoms with E-state index >= 15 is 0 Å². The van der Waals surface area contributed by atoms with Gasteiger partial charge in [0, 0.05) is 38.4 Å². The Bertz CT molecular complexity index is 1280. The first-order valence-electron chi connectivity index (χ1n) is 13.2. The molecule has 1 saturated carbocycles. The van der Waals surface area contributed by atoms with Gasteiger partial charge in [-0.15, -0.1) is 0 Å². The van der Waals surface area contributed by atoms with Crippen LogP contribution in [0.4, 0.5) is 5.69 Å². The summed E-state index contributed by atoms with van der Waals surface area (Å²) in [6.07, 6.45) is 6.22. The van der Waals surface area contributed by atoms with Gasteiger partial charge in [-0.1, -0.05) is 17.6 Å². The van der Waals surface area contributed by atoms with Crippen LogP contribution >= 0.6 is 0 Å². The molecule has 37 heavy (non-hydrogen) atoms. The Morgan fingerprint density at radius 3 is 2.41 bits per heavy atom. The maximum atomic E-state index is 13.9. The van der Waals surface area contributed by atoms with Crippen LogP contribution in [0.25, 0.3) is 0 Å². The summed E-state index contributed by atoms with van der Waals surface area (Å²) < 4.78 is 29.5. The SMILES string of the molecule is CCC(=N)[N+]1(Oc2ccc(S(=O)(=O)N(c3ccc4c(c3)CN(C(=N)N)CC4)C3CC3)cc2)CCCCC1. The summed E-state index contributed by atoms with van der Waals surface area (Å²) in [5.41, 5.74) is 8.54. The van der Waals surface area contributed by atoms with Gasteiger partial charge < -0.3 is 15.5 Å². The molecule has 3 aliphatic rings. The quantitative estimate of drug-likeness (QED) is 0.287. The Hall–Kier alpha value is -3.11. The summed E-state index contributed by atoms with van der Waals surface area (Å²) in [7, 11) is -3.78. The van der Waals surface area contributed by atoms with E-state index in [1.54, 1.807) is 33.5 Å². The number of nitrogens with one attached hydrogen (secondary N) is 2. The van der Waals surface area contributed by atoms with Crippen molar-refractivity contribution in [3.05, 3.63) is 53.6 Å². The highest BCUT2D eigenvalue weighted by atomic mass is 32.2. The first-order chi connectivity index (χ1) is 17.7. The van der Waals surface area contributed by atoms with Crippen molar-refractivity contribution in [2.75, 3.05) is 23.9 Å². The molecule has 1 saturated heterocycles. The third-order valence-electron chi connectivity index (χ3n) is 7.70. The average molecular weight is 526 g/mol. The Kier molecular flexibility index (Phi) is 6.89. The zero-order valence-corrected chi connectivity index (χ0v) is 22.3. The summed E-state index contributed by atoms with van der Waals surface area (Å²) in [5, 5.41) is 16.3. The molecule has 0 atom stereocenters. The number of hydroxylamine groups is 3. The lowest BCUT2D eigenvalue weighted by Crippen LogP contribution is -2.57. The van der Waals surface area contributed by atoms with Crippen LogP contribution in [0.3, 0.4) is 0 Å². The van der Waals surface area contributed by atoms with Gasteiger partial charge in [0.15, 0.2) is 11.7 Å². The number of hydrogen-bond acceptors (Lipinski definition) is 5. The maximum Gasteiger partial charge on any atom is 0.264 e. The smallest absolute Gasteiger partial charge is 0.264 e. The van der Waals surface area contributed by atoms with Gasteiger partial charge in [0.25, 0.3) is 10.0 Å². The molecule has 2 aromatic rings. The van der Waals surface area contributed by atoms with Crippen LogP contribution in [0.1, 0.15) is 56.6 Å². The van der Waals surface area contributed by atoms with Gasteiger partial charge in [-0.05, 0) is 73.2 Å². The summed E-state index contributed by atoms with van der Waals surface area (Å²) in [4.78, 5) is 8.36. The number of fused-ring (bicyclic) bond motifs is 1. The van der Waals surface area contributed by atoms with E-state index in [0.717, 1.165) is 57.2 Å². The van der Waals surface area contributed by atoms with Crippen LogP contribution in [0.2, 0.25) is 0 Å². The fraction of sp³-hybridized carbons (Fsp3) is 0.481. The van der Waals surface area contributed by atoms with Crippen molar-refractivity contribution in [1.29, 1.82) is 10.8 Å². The lowest BCUT2D eigenvalue weighted by molar-refractivity contribution is -1.01. The number of rotatable bonds is 7. The minimum atomic E-state index is -3.78. The highest BCUT2D eigenvalue weighted by Crippen LogP contribution is 2.38. The van der Waals surface area contributed by atoms with Gasteiger partial charge in [-0.2, -0.15) is 0 Å². The molecule has 0 amide bonds. The van der Waals surface area contributed by atoms with E-state index in [9.17, 15) is 8.42 Å². The molecule has 1 aliphatic carbocycles. The number of likely N-dealkylation sites (tertiary alicyclic amines) is 1. The predicted molar refractivity (Wildman–Crippen MR) is 144 cm³/mol. The number of amidine groups is 1. The number of piperidine rings is 1. The van der Waals surface area contributed by atoms with Crippen LogP contribution in [-0.4, -0.2) is 55.4 Å². The van der Waals surface area contributed by atoms with E-state index in [1.165, 1.54) is 5.56 Å². The molecule has 0 unspecified atom stereocenters. The normalized spacial score (nSPS) is 19.1. The van der Waals surface area contributed by atoms with E-state index in [2.05, 4.69) is 0 Å². The zero-order valence-electron chi connectivity index (χ0n) is 21.4. The monoisotopic (exact) mass is 525 g/mol. The van der Waals surface area contributed by atoms with E-state index in [-0.39, 0.29) is 21.5 Å². The number of hydrogen-bond donors (Lipinski definition) is 3. The van der Waals surface area contributed by atoms with Gasteiger partial charge >= 0.3 is 0 Å². The second-order valence-corrected chi connectivity index (χ2v) is 12.1.